The third-order valence-corrected chi connectivity index (χ3v) is 5.62. The Morgan fingerprint density at radius 1 is 1.07 bits per heavy atom. The molecule has 0 bridgehead atoms. The molecule has 2 heterocycles. The van der Waals surface area contributed by atoms with Crippen molar-refractivity contribution in [3.63, 3.8) is 0 Å². The topological polar surface area (TPSA) is 75.6 Å². The zero-order valence-electron chi connectivity index (χ0n) is 16.7. The minimum absolute atomic E-state index is 0.0398. The molecule has 3 aromatic rings. The molecule has 1 aliphatic heterocycles. The van der Waals surface area contributed by atoms with Crippen molar-refractivity contribution >= 4 is 23.0 Å². The zero-order valence-corrected chi connectivity index (χ0v) is 16.7. The summed E-state index contributed by atoms with van der Waals surface area (Å²) in [5.74, 6) is 0.265. The summed E-state index contributed by atoms with van der Waals surface area (Å²) in [6.45, 7) is 3.36. The van der Waals surface area contributed by atoms with Crippen LogP contribution in [0.1, 0.15) is 18.4 Å². The highest BCUT2D eigenvalue weighted by Gasteiger charge is 2.29. The van der Waals surface area contributed by atoms with E-state index in [1.165, 1.54) is 5.56 Å². The molecule has 1 aromatic heterocycles. The normalized spacial score (nSPS) is 15.0. The Morgan fingerprint density at radius 3 is 2.52 bits per heavy atom. The molecule has 0 radical (unpaired) electrons. The lowest BCUT2D eigenvalue weighted by molar-refractivity contribution is -0.136. The molecular weight excluding hydrogens is 364 g/mol. The van der Waals surface area contributed by atoms with Crippen molar-refractivity contribution in [3.8, 4) is 0 Å². The summed E-state index contributed by atoms with van der Waals surface area (Å²) in [7, 11) is 0. The van der Waals surface area contributed by atoms with Gasteiger partial charge in [-0.05, 0) is 37.0 Å². The van der Waals surface area contributed by atoms with Crippen LogP contribution < -0.4 is 10.6 Å². The smallest absolute Gasteiger partial charge is 0.298 e. The van der Waals surface area contributed by atoms with E-state index < -0.39 is 0 Å². The van der Waals surface area contributed by atoms with Crippen LogP contribution in [0.4, 0.5) is 6.01 Å². The first-order chi connectivity index (χ1) is 14.2. The molecule has 0 atom stereocenters. The number of hydrogen-bond donors (Lipinski definition) is 1. The maximum atomic E-state index is 13.1. The quantitative estimate of drug-likeness (QED) is 0.669. The fraction of sp³-hybridized carbons (Fsp3) is 0.391. The van der Waals surface area contributed by atoms with Crippen LogP contribution in [0.25, 0.3) is 11.1 Å². The van der Waals surface area contributed by atoms with Gasteiger partial charge in [0.05, 0.1) is 0 Å². The lowest BCUT2D eigenvalue weighted by Gasteiger charge is -2.33. The molecule has 6 nitrogen and oxygen atoms in total. The van der Waals surface area contributed by atoms with E-state index >= 15 is 0 Å². The molecule has 1 aliphatic rings. The Labute approximate surface area is 171 Å². The second-order valence-electron chi connectivity index (χ2n) is 7.58. The van der Waals surface area contributed by atoms with Crippen molar-refractivity contribution in [2.45, 2.75) is 19.3 Å². The minimum atomic E-state index is 0.0398. The minimum Gasteiger partial charge on any atom is -0.423 e. The molecule has 6 heteroatoms. The van der Waals surface area contributed by atoms with Gasteiger partial charge in [0.1, 0.15) is 5.52 Å². The van der Waals surface area contributed by atoms with E-state index in [0.717, 1.165) is 43.5 Å². The number of piperidine rings is 1. The number of benzene rings is 2. The van der Waals surface area contributed by atoms with E-state index in [1.807, 2.05) is 47.4 Å². The lowest BCUT2D eigenvalue weighted by atomic mass is 9.95. The Hall–Kier alpha value is -2.86. The van der Waals surface area contributed by atoms with Crippen molar-refractivity contribution in [1.82, 2.24) is 9.88 Å². The molecule has 1 amide bonds. The van der Waals surface area contributed by atoms with Crippen molar-refractivity contribution in [1.29, 1.82) is 0 Å². The molecule has 0 aliphatic carbocycles. The third-order valence-electron chi connectivity index (χ3n) is 5.62. The van der Waals surface area contributed by atoms with Crippen LogP contribution in [-0.2, 0) is 11.2 Å². The van der Waals surface area contributed by atoms with Crippen molar-refractivity contribution < 1.29 is 9.21 Å². The van der Waals surface area contributed by atoms with Crippen LogP contribution in [-0.4, -0.2) is 48.5 Å². The molecule has 0 unspecified atom stereocenters. The van der Waals surface area contributed by atoms with Crippen molar-refractivity contribution in [3.05, 3.63) is 60.2 Å². The number of aromatic nitrogens is 1. The number of nitrogens with zero attached hydrogens (tertiary/aromatic N) is 3. The van der Waals surface area contributed by atoms with Gasteiger partial charge in [-0.3, -0.25) is 4.79 Å². The maximum Gasteiger partial charge on any atom is 0.298 e. The average Bonchev–Trinajstić information content (AvgIpc) is 3.21. The van der Waals surface area contributed by atoms with Crippen LogP contribution in [0.2, 0.25) is 0 Å². The summed E-state index contributed by atoms with van der Waals surface area (Å²) in [6, 6.07) is 18.7. The first-order valence-electron chi connectivity index (χ1n) is 10.4. The molecule has 1 saturated heterocycles. The molecule has 1 fully saturated rings. The molecule has 152 valence electrons. The number of carbonyl (C=O) groups is 1. The first kappa shape index (κ1) is 19.5. The van der Waals surface area contributed by atoms with E-state index in [2.05, 4.69) is 22.0 Å². The van der Waals surface area contributed by atoms with E-state index in [0.29, 0.717) is 25.6 Å². The monoisotopic (exact) mass is 392 g/mol. The number of amides is 1. The van der Waals surface area contributed by atoms with Crippen LogP contribution in [0.15, 0.2) is 59.0 Å². The van der Waals surface area contributed by atoms with Gasteiger partial charge in [-0.15, -0.1) is 0 Å². The summed E-state index contributed by atoms with van der Waals surface area (Å²) in [6.07, 6.45) is 2.47. The number of carbonyl (C=O) groups excluding carboxylic acids is 1. The second kappa shape index (κ2) is 9.09. The number of fused-ring (bicyclic) bond motifs is 1. The van der Waals surface area contributed by atoms with Gasteiger partial charge in [0.2, 0.25) is 5.91 Å². The van der Waals surface area contributed by atoms with Crippen LogP contribution >= 0.6 is 0 Å². The van der Waals surface area contributed by atoms with Gasteiger partial charge < -0.3 is 20.0 Å². The number of hydrogen-bond acceptors (Lipinski definition) is 5. The number of rotatable bonds is 7. The standard InChI is InChI=1S/C23H28N4O2/c24-13-17-26(14-10-18-6-2-1-3-7-18)22(28)19-11-15-27(16-12-19)23-25-20-8-4-5-9-21(20)29-23/h1-9,19H,10-17,24H2. The summed E-state index contributed by atoms with van der Waals surface area (Å²) >= 11 is 0. The lowest BCUT2D eigenvalue weighted by Crippen LogP contribution is -2.45. The van der Waals surface area contributed by atoms with E-state index in [-0.39, 0.29) is 11.8 Å². The maximum absolute atomic E-state index is 13.1. The molecular formula is C23H28N4O2. The molecule has 0 saturated carbocycles. The summed E-state index contributed by atoms with van der Waals surface area (Å²) < 4.78 is 5.88. The van der Waals surface area contributed by atoms with Crippen molar-refractivity contribution in [2.24, 2.45) is 11.7 Å². The highest BCUT2D eigenvalue weighted by molar-refractivity contribution is 5.79. The third kappa shape index (κ3) is 4.59. The molecule has 2 N–H and O–H groups in total. The molecule has 29 heavy (non-hydrogen) atoms. The summed E-state index contributed by atoms with van der Waals surface area (Å²) in [4.78, 5) is 21.8. The number of nitrogens with two attached hydrogens (primary N) is 1. The fourth-order valence-electron chi connectivity index (χ4n) is 3.97. The predicted octanol–water partition coefficient (Wildman–Crippen LogP) is 3.07. The summed E-state index contributed by atoms with van der Waals surface area (Å²) in [5.41, 5.74) is 8.69. The fourth-order valence-corrected chi connectivity index (χ4v) is 3.97. The number of anilines is 1. The largest absolute Gasteiger partial charge is 0.423 e. The zero-order chi connectivity index (χ0) is 20.1. The molecule has 4 rings (SSSR count). The number of oxazole rings is 1. The Morgan fingerprint density at radius 2 is 1.79 bits per heavy atom. The Bertz CT molecular complexity index is 899. The van der Waals surface area contributed by atoms with Gasteiger partial charge in [-0.2, -0.15) is 4.98 Å². The Kier molecular flexibility index (Phi) is 6.10. The van der Waals surface area contributed by atoms with Crippen LogP contribution in [0.5, 0.6) is 0 Å². The molecule has 2 aromatic carbocycles. The van der Waals surface area contributed by atoms with Gasteiger partial charge in [0.25, 0.3) is 6.01 Å². The molecule has 0 spiro atoms. The SMILES string of the molecule is NCCN(CCc1ccccc1)C(=O)C1CCN(c2nc3ccccc3o2)CC1. The van der Waals surface area contributed by atoms with E-state index in [4.69, 9.17) is 10.2 Å². The van der Waals surface area contributed by atoms with Crippen LogP contribution in [0.3, 0.4) is 0 Å². The van der Waals surface area contributed by atoms with Gasteiger partial charge >= 0.3 is 0 Å². The average molecular weight is 393 g/mol. The van der Waals surface area contributed by atoms with E-state index in [1.54, 1.807) is 0 Å². The van der Waals surface area contributed by atoms with Gasteiger partial charge in [0, 0.05) is 38.6 Å². The van der Waals surface area contributed by atoms with E-state index in [9.17, 15) is 4.79 Å². The van der Waals surface area contributed by atoms with Gasteiger partial charge in [-0.1, -0.05) is 42.5 Å². The van der Waals surface area contributed by atoms with Crippen molar-refractivity contribution in [2.75, 3.05) is 37.6 Å². The summed E-state index contributed by atoms with van der Waals surface area (Å²) in [5, 5.41) is 0. The first-order valence-corrected chi connectivity index (χ1v) is 10.4. The highest BCUT2D eigenvalue weighted by Crippen LogP contribution is 2.27. The van der Waals surface area contributed by atoms with Gasteiger partial charge in [0.15, 0.2) is 5.58 Å². The predicted molar refractivity (Wildman–Crippen MR) is 115 cm³/mol. The number of para-hydroxylation sites is 2. The highest BCUT2D eigenvalue weighted by atomic mass is 16.4. The Balaban J connectivity index is 1.35. The van der Waals surface area contributed by atoms with Crippen LogP contribution in [0, 0.1) is 5.92 Å². The van der Waals surface area contributed by atoms with Gasteiger partial charge in [-0.25, -0.2) is 0 Å². The second-order valence-corrected chi connectivity index (χ2v) is 7.58.